The molecule has 3 heterocycles. The van der Waals surface area contributed by atoms with Gasteiger partial charge in [-0.2, -0.15) is 0 Å². The van der Waals surface area contributed by atoms with E-state index in [1.165, 1.54) is 61.2 Å². The van der Waals surface area contributed by atoms with E-state index in [2.05, 4.69) is 168 Å². The number of hydrogen-bond donors (Lipinski definition) is 0. The molecule has 0 bridgehead atoms. The molecule has 250 valence electrons. The maximum absolute atomic E-state index is 5.25. The van der Waals surface area contributed by atoms with Gasteiger partial charge in [0.2, 0.25) is 0 Å². The van der Waals surface area contributed by atoms with Crippen molar-refractivity contribution in [3.8, 4) is 55.8 Å². The lowest BCUT2D eigenvalue weighted by atomic mass is 9.70. The van der Waals surface area contributed by atoms with Gasteiger partial charge in [0.15, 0.2) is 5.65 Å². The third kappa shape index (κ3) is 3.90. The monoisotopic (exact) mass is 685 g/mol. The van der Waals surface area contributed by atoms with Gasteiger partial charge >= 0.3 is 0 Å². The molecular formula is C51H31N3. The molecule has 0 amide bonds. The van der Waals surface area contributed by atoms with Gasteiger partial charge in [0, 0.05) is 22.5 Å². The standard InChI is InChI=1S/C51H31N3/c1-2-18-42-41(17-1)48(53-50-49(42)52-47-22-9-10-29-54(47)50)36-13-11-12-34(30-36)32-23-25-33(26-24-32)35-27-28-40-39-16-5-8-21-45(39)51(46(40)31-35)43-19-6-3-14-37(43)38-15-4-7-20-44(38)51/h1-31H. The van der Waals surface area contributed by atoms with E-state index in [-0.39, 0.29) is 5.41 Å². The molecular weight excluding hydrogens is 655 g/mol. The summed E-state index contributed by atoms with van der Waals surface area (Å²) in [6.45, 7) is 0. The number of fused-ring (bicyclic) bond motifs is 15. The van der Waals surface area contributed by atoms with Gasteiger partial charge in [0.1, 0.15) is 11.2 Å². The van der Waals surface area contributed by atoms with Gasteiger partial charge < -0.3 is 0 Å². The molecule has 2 aliphatic rings. The third-order valence-electron chi connectivity index (χ3n) is 11.8. The summed E-state index contributed by atoms with van der Waals surface area (Å²) in [5, 5.41) is 2.21. The average Bonchev–Trinajstić information content (AvgIpc) is 3.88. The average molecular weight is 686 g/mol. The number of aromatic nitrogens is 3. The second-order valence-corrected chi connectivity index (χ2v) is 14.5. The smallest absolute Gasteiger partial charge is 0.165 e. The Balaban J connectivity index is 0.964. The zero-order valence-corrected chi connectivity index (χ0v) is 29.2. The second kappa shape index (κ2) is 11.0. The Morgan fingerprint density at radius 3 is 1.59 bits per heavy atom. The van der Waals surface area contributed by atoms with Crippen LogP contribution < -0.4 is 0 Å². The lowest BCUT2D eigenvalue weighted by Crippen LogP contribution is -2.25. The fourth-order valence-corrected chi connectivity index (χ4v) is 9.53. The number of nitrogens with zero attached hydrogens (tertiary/aromatic N) is 3. The van der Waals surface area contributed by atoms with Crippen molar-refractivity contribution in [2.75, 3.05) is 0 Å². The molecule has 2 aliphatic carbocycles. The minimum absolute atomic E-state index is 0.347. The highest BCUT2D eigenvalue weighted by molar-refractivity contribution is 6.09. The summed E-state index contributed by atoms with van der Waals surface area (Å²) in [5.41, 5.74) is 19.9. The highest BCUT2D eigenvalue weighted by Gasteiger charge is 2.51. The summed E-state index contributed by atoms with van der Waals surface area (Å²) >= 11 is 0. The summed E-state index contributed by atoms with van der Waals surface area (Å²) in [7, 11) is 0. The summed E-state index contributed by atoms with van der Waals surface area (Å²) in [6, 6.07) is 66.5. The van der Waals surface area contributed by atoms with Crippen LogP contribution in [0.3, 0.4) is 0 Å². The molecule has 0 radical (unpaired) electrons. The van der Waals surface area contributed by atoms with Crippen LogP contribution >= 0.6 is 0 Å². The van der Waals surface area contributed by atoms with E-state index < -0.39 is 0 Å². The SMILES string of the molecule is c1cc(-c2ccc(-c3ccc4c(c3)C3(c5ccccc5-c5ccccc53)c3ccccc3-4)cc2)cc(-c2nc3c(nc4ccccn43)c3ccccc23)c1. The quantitative estimate of drug-likeness (QED) is 0.185. The van der Waals surface area contributed by atoms with E-state index in [9.17, 15) is 0 Å². The van der Waals surface area contributed by atoms with Crippen LogP contribution in [0.4, 0.5) is 0 Å². The first-order valence-electron chi connectivity index (χ1n) is 18.6. The highest BCUT2D eigenvalue weighted by Crippen LogP contribution is 2.63. The Morgan fingerprint density at radius 1 is 0.370 bits per heavy atom. The van der Waals surface area contributed by atoms with Crippen LogP contribution in [0.1, 0.15) is 22.3 Å². The molecule has 54 heavy (non-hydrogen) atoms. The lowest BCUT2D eigenvalue weighted by Gasteiger charge is -2.30. The number of pyridine rings is 2. The molecule has 10 aromatic rings. The van der Waals surface area contributed by atoms with Crippen molar-refractivity contribution < 1.29 is 0 Å². The van der Waals surface area contributed by atoms with Crippen LogP contribution in [-0.4, -0.2) is 14.4 Å². The summed E-state index contributed by atoms with van der Waals surface area (Å²) in [6.07, 6.45) is 2.04. The molecule has 3 aromatic heterocycles. The molecule has 0 N–H and O–H groups in total. The fourth-order valence-electron chi connectivity index (χ4n) is 9.53. The van der Waals surface area contributed by atoms with Crippen LogP contribution in [0, 0.1) is 0 Å². The summed E-state index contributed by atoms with van der Waals surface area (Å²) in [5.74, 6) is 0. The van der Waals surface area contributed by atoms with E-state index >= 15 is 0 Å². The lowest BCUT2D eigenvalue weighted by molar-refractivity contribution is 0.794. The largest absolute Gasteiger partial charge is 0.284 e. The van der Waals surface area contributed by atoms with Gasteiger partial charge in [-0.25, -0.2) is 9.97 Å². The molecule has 0 saturated heterocycles. The normalized spacial score (nSPS) is 13.3. The van der Waals surface area contributed by atoms with Crippen LogP contribution in [0.15, 0.2) is 188 Å². The van der Waals surface area contributed by atoms with Gasteiger partial charge in [-0.15, -0.1) is 0 Å². The van der Waals surface area contributed by atoms with Gasteiger partial charge in [0.25, 0.3) is 0 Å². The highest BCUT2D eigenvalue weighted by atomic mass is 15.1. The van der Waals surface area contributed by atoms with Crippen LogP contribution in [0.25, 0.3) is 83.3 Å². The second-order valence-electron chi connectivity index (χ2n) is 14.5. The number of benzene rings is 7. The Labute approximate surface area is 312 Å². The Hall–Kier alpha value is -7.10. The van der Waals surface area contributed by atoms with Crippen LogP contribution in [0.5, 0.6) is 0 Å². The molecule has 7 aromatic carbocycles. The van der Waals surface area contributed by atoms with Crippen molar-refractivity contribution in [1.29, 1.82) is 0 Å². The Bertz CT molecular complexity index is 3100. The molecule has 0 aliphatic heterocycles. The molecule has 3 nitrogen and oxygen atoms in total. The summed E-state index contributed by atoms with van der Waals surface area (Å²) in [4.78, 5) is 10.2. The number of imidazole rings is 1. The van der Waals surface area contributed by atoms with Crippen molar-refractivity contribution >= 4 is 27.6 Å². The van der Waals surface area contributed by atoms with E-state index in [0.717, 1.165) is 44.4 Å². The van der Waals surface area contributed by atoms with Gasteiger partial charge in [-0.05, 0) is 91.0 Å². The van der Waals surface area contributed by atoms with Crippen molar-refractivity contribution in [2.45, 2.75) is 5.41 Å². The van der Waals surface area contributed by atoms with Gasteiger partial charge in [-0.1, -0.05) is 158 Å². The molecule has 1 spiro atoms. The molecule has 0 unspecified atom stereocenters. The topological polar surface area (TPSA) is 30.2 Å². The molecule has 0 saturated carbocycles. The molecule has 0 fully saturated rings. The summed E-state index contributed by atoms with van der Waals surface area (Å²) < 4.78 is 2.08. The molecule has 12 rings (SSSR count). The minimum atomic E-state index is -0.347. The third-order valence-corrected chi connectivity index (χ3v) is 11.8. The Morgan fingerprint density at radius 2 is 0.907 bits per heavy atom. The Kier molecular flexibility index (Phi) is 5.98. The van der Waals surface area contributed by atoms with Crippen molar-refractivity contribution in [3.05, 3.63) is 210 Å². The van der Waals surface area contributed by atoms with Gasteiger partial charge in [0.05, 0.1) is 11.1 Å². The maximum Gasteiger partial charge on any atom is 0.165 e. The first-order chi connectivity index (χ1) is 26.8. The number of hydrogen-bond acceptors (Lipinski definition) is 2. The van der Waals surface area contributed by atoms with E-state index in [4.69, 9.17) is 9.97 Å². The van der Waals surface area contributed by atoms with Crippen molar-refractivity contribution in [1.82, 2.24) is 14.4 Å². The van der Waals surface area contributed by atoms with Crippen LogP contribution in [-0.2, 0) is 5.41 Å². The molecule has 3 heteroatoms. The first-order valence-corrected chi connectivity index (χ1v) is 18.6. The first kappa shape index (κ1) is 29.5. The minimum Gasteiger partial charge on any atom is -0.284 e. The predicted octanol–water partition coefficient (Wildman–Crippen LogP) is 12.4. The van der Waals surface area contributed by atoms with E-state index in [1.807, 2.05) is 24.4 Å². The number of rotatable bonds is 3. The zero-order valence-electron chi connectivity index (χ0n) is 29.2. The molecule has 0 atom stereocenters. The maximum atomic E-state index is 5.25. The predicted molar refractivity (Wildman–Crippen MR) is 221 cm³/mol. The van der Waals surface area contributed by atoms with Crippen molar-refractivity contribution in [3.63, 3.8) is 0 Å². The van der Waals surface area contributed by atoms with E-state index in [1.54, 1.807) is 0 Å². The zero-order chi connectivity index (χ0) is 35.4. The van der Waals surface area contributed by atoms with E-state index in [0.29, 0.717) is 0 Å². The van der Waals surface area contributed by atoms with Crippen molar-refractivity contribution in [2.24, 2.45) is 0 Å². The van der Waals surface area contributed by atoms with Crippen LogP contribution in [0.2, 0.25) is 0 Å². The van der Waals surface area contributed by atoms with Gasteiger partial charge in [-0.3, -0.25) is 4.40 Å². The fraction of sp³-hybridized carbons (Fsp3) is 0.0196.